The number of hydrogen-bond acceptors (Lipinski definition) is 2. The standard InChI is InChI=1S/C22H27NO2/c1-15-10-16(2)12-21(11-15)19-8-5-18(6-9-19)13-23-14-20(22(24)25)7-4-17(23)3/h5-6,8-12,17,20H,4,7,13-14H2,1-3H3,(H,24,25). The molecule has 3 heteroatoms. The van der Waals surface area contributed by atoms with Crippen molar-refractivity contribution in [3.05, 3.63) is 59.2 Å². The van der Waals surface area contributed by atoms with Crippen molar-refractivity contribution in [1.82, 2.24) is 4.90 Å². The maximum absolute atomic E-state index is 11.3. The fourth-order valence-electron chi connectivity index (χ4n) is 3.78. The number of rotatable bonds is 4. The Balaban J connectivity index is 1.73. The van der Waals surface area contributed by atoms with Gasteiger partial charge in [0.05, 0.1) is 5.92 Å². The van der Waals surface area contributed by atoms with Crippen LogP contribution in [0.3, 0.4) is 0 Å². The molecule has 1 saturated heterocycles. The van der Waals surface area contributed by atoms with E-state index in [0.29, 0.717) is 12.6 Å². The molecule has 1 fully saturated rings. The van der Waals surface area contributed by atoms with Crippen LogP contribution in [0.1, 0.15) is 36.5 Å². The van der Waals surface area contributed by atoms with E-state index in [1.54, 1.807) is 0 Å². The first-order valence-electron chi connectivity index (χ1n) is 9.07. The van der Waals surface area contributed by atoms with Crippen molar-refractivity contribution in [2.24, 2.45) is 5.92 Å². The van der Waals surface area contributed by atoms with Gasteiger partial charge < -0.3 is 5.11 Å². The van der Waals surface area contributed by atoms with Gasteiger partial charge in [0, 0.05) is 19.1 Å². The molecule has 1 N–H and O–H groups in total. The summed E-state index contributed by atoms with van der Waals surface area (Å²) in [6.07, 6.45) is 1.75. The molecule has 3 nitrogen and oxygen atoms in total. The van der Waals surface area contributed by atoms with E-state index < -0.39 is 5.97 Å². The molecule has 2 aromatic rings. The van der Waals surface area contributed by atoms with E-state index in [1.807, 2.05) is 0 Å². The molecule has 0 amide bonds. The smallest absolute Gasteiger partial charge is 0.307 e. The highest BCUT2D eigenvalue weighted by Gasteiger charge is 2.29. The lowest BCUT2D eigenvalue weighted by Gasteiger charge is -2.36. The first-order valence-corrected chi connectivity index (χ1v) is 9.07. The van der Waals surface area contributed by atoms with Crippen molar-refractivity contribution in [1.29, 1.82) is 0 Å². The van der Waals surface area contributed by atoms with Gasteiger partial charge in [-0.15, -0.1) is 0 Å². The molecule has 0 aromatic heterocycles. The molecule has 3 rings (SSSR count). The predicted molar refractivity (Wildman–Crippen MR) is 102 cm³/mol. The molecule has 0 radical (unpaired) electrons. The van der Waals surface area contributed by atoms with Crippen molar-refractivity contribution in [3.63, 3.8) is 0 Å². The average Bonchev–Trinajstić information content (AvgIpc) is 2.56. The van der Waals surface area contributed by atoms with Crippen molar-refractivity contribution >= 4 is 5.97 Å². The summed E-state index contributed by atoms with van der Waals surface area (Å²) in [5.74, 6) is -0.896. The van der Waals surface area contributed by atoms with E-state index in [9.17, 15) is 9.90 Å². The molecule has 132 valence electrons. The van der Waals surface area contributed by atoms with E-state index in [-0.39, 0.29) is 5.92 Å². The van der Waals surface area contributed by atoms with Crippen LogP contribution < -0.4 is 0 Å². The molecular weight excluding hydrogens is 310 g/mol. The summed E-state index contributed by atoms with van der Waals surface area (Å²) in [5, 5.41) is 9.29. The van der Waals surface area contributed by atoms with Crippen LogP contribution in [0.2, 0.25) is 0 Å². The Bertz CT molecular complexity index is 731. The Morgan fingerprint density at radius 3 is 2.28 bits per heavy atom. The Kier molecular flexibility index (Phi) is 5.24. The highest BCUT2D eigenvalue weighted by Crippen LogP contribution is 2.26. The molecule has 1 aliphatic heterocycles. The third kappa shape index (κ3) is 4.29. The van der Waals surface area contributed by atoms with Gasteiger partial charge in [-0.2, -0.15) is 0 Å². The number of likely N-dealkylation sites (tertiary alicyclic amines) is 1. The highest BCUT2D eigenvalue weighted by atomic mass is 16.4. The molecule has 25 heavy (non-hydrogen) atoms. The van der Waals surface area contributed by atoms with E-state index in [0.717, 1.165) is 19.4 Å². The van der Waals surface area contributed by atoms with E-state index in [1.165, 1.54) is 27.8 Å². The number of piperidine rings is 1. The number of benzene rings is 2. The lowest BCUT2D eigenvalue weighted by molar-refractivity contribution is -0.144. The van der Waals surface area contributed by atoms with Crippen LogP contribution >= 0.6 is 0 Å². The highest BCUT2D eigenvalue weighted by molar-refractivity contribution is 5.70. The van der Waals surface area contributed by atoms with Crippen LogP contribution in [-0.4, -0.2) is 28.6 Å². The first kappa shape index (κ1) is 17.7. The quantitative estimate of drug-likeness (QED) is 0.882. The van der Waals surface area contributed by atoms with Crippen molar-refractivity contribution in [3.8, 4) is 11.1 Å². The fourth-order valence-corrected chi connectivity index (χ4v) is 3.78. The summed E-state index contributed by atoms with van der Waals surface area (Å²) in [4.78, 5) is 13.6. The summed E-state index contributed by atoms with van der Waals surface area (Å²) in [6.45, 7) is 7.92. The number of carbonyl (C=O) groups is 1. The molecule has 1 aliphatic rings. The predicted octanol–water partition coefficient (Wildman–Crippen LogP) is 4.66. The van der Waals surface area contributed by atoms with Gasteiger partial charge in [0.2, 0.25) is 0 Å². The number of carboxylic acids is 1. The van der Waals surface area contributed by atoms with E-state index in [2.05, 4.69) is 68.1 Å². The normalized spacial score (nSPS) is 21.2. The summed E-state index contributed by atoms with van der Waals surface area (Å²) in [5.41, 5.74) is 6.28. The Hall–Kier alpha value is -2.13. The lowest BCUT2D eigenvalue weighted by Crippen LogP contribution is -2.43. The largest absolute Gasteiger partial charge is 0.481 e. The van der Waals surface area contributed by atoms with Crippen LogP contribution in [0.5, 0.6) is 0 Å². The minimum atomic E-state index is -0.665. The molecule has 2 atom stereocenters. The SMILES string of the molecule is Cc1cc(C)cc(-c2ccc(CN3CC(C(=O)O)CCC3C)cc2)c1. The minimum Gasteiger partial charge on any atom is -0.481 e. The van der Waals surface area contributed by atoms with Gasteiger partial charge in [-0.1, -0.05) is 53.6 Å². The zero-order chi connectivity index (χ0) is 18.0. The van der Waals surface area contributed by atoms with Crippen LogP contribution in [0.25, 0.3) is 11.1 Å². The molecule has 2 unspecified atom stereocenters. The van der Waals surface area contributed by atoms with Crippen molar-refractivity contribution in [2.45, 2.75) is 46.2 Å². The second kappa shape index (κ2) is 7.40. The molecule has 0 spiro atoms. The maximum Gasteiger partial charge on any atom is 0.307 e. The molecule has 0 aliphatic carbocycles. The van der Waals surface area contributed by atoms with Gasteiger partial charge in [0.15, 0.2) is 0 Å². The van der Waals surface area contributed by atoms with Crippen molar-refractivity contribution in [2.75, 3.05) is 6.54 Å². The Morgan fingerprint density at radius 1 is 1.04 bits per heavy atom. The van der Waals surface area contributed by atoms with Crippen molar-refractivity contribution < 1.29 is 9.90 Å². The number of carboxylic acid groups (broad SMARTS) is 1. The second-order valence-electron chi connectivity index (χ2n) is 7.46. The molecular formula is C22H27NO2. The number of nitrogens with zero attached hydrogens (tertiary/aromatic N) is 1. The number of aliphatic carboxylic acids is 1. The van der Waals surface area contributed by atoms with Crippen LogP contribution in [0.15, 0.2) is 42.5 Å². The topological polar surface area (TPSA) is 40.5 Å². The average molecular weight is 337 g/mol. The van der Waals surface area contributed by atoms with Crippen LogP contribution in [0.4, 0.5) is 0 Å². The fraction of sp³-hybridized carbons (Fsp3) is 0.409. The number of aryl methyl sites for hydroxylation is 2. The number of hydrogen-bond donors (Lipinski definition) is 1. The molecule has 2 aromatic carbocycles. The zero-order valence-electron chi connectivity index (χ0n) is 15.3. The minimum absolute atomic E-state index is 0.231. The third-order valence-corrected chi connectivity index (χ3v) is 5.26. The second-order valence-corrected chi connectivity index (χ2v) is 7.46. The zero-order valence-corrected chi connectivity index (χ0v) is 15.3. The monoisotopic (exact) mass is 337 g/mol. The summed E-state index contributed by atoms with van der Waals surface area (Å²) in [6, 6.07) is 15.7. The van der Waals surface area contributed by atoms with Gasteiger partial charge in [-0.05, 0) is 50.3 Å². The molecule has 0 saturated carbocycles. The van der Waals surface area contributed by atoms with Gasteiger partial charge in [0.25, 0.3) is 0 Å². The van der Waals surface area contributed by atoms with Crippen LogP contribution in [-0.2, 0) is 11.3 Å². The first-order chi connectivity index (χ1) is 11.9. The summed E-state index contributed by atoms with van der Waals surface area (Å²) in [7, 11) is 0. The maximum atomic E-state index is 11.3. The molecule has 0 bridgehead atoms. The lowest BCUT2D eigenvalue weighted by atomic mass is 9.93. The van der Waals surface area contributed by atoms with Gasteiger partial charge >= 0.3 is 5.97 Å². The Labute approximate surface area is 150 Å². The van der Waals surface area contributed by atoms with Gasteiger partial charge in [-0.3, -0.25) is 9.69 Å². The van der Waals surface area contributed by atoms with E-state index >= 15 is 0 Å². The molecule has 1 heterocycles. The Morgan fingerprint density at radius 2 is 1.68 bits per heavy atom. The van der Waals surface area contributed by atoms with Gasteiger partial charge in [-0.25, -0.2) is 0 Å². The summed E-state index contributed by atoms with van der Waals surface area (Å²) >= 11 is 0. The van der Waals surface area contributed by atoms with E-state index in [4.69, 9.17) is 0 Å². The van der Waals surface area contributed by atoms with Gasteiger partial charge in [0.1, 0.15) is 0 Å². The summed E-state index contributed by atoms with van der Waals surface area (Å²) < 4.78 is 0. The van der Waals surface area contributed by atoms with Crippen LogP contribution in [0, 0.1) is 19.8 Å². The third-order valence-electron chi connectivity index (χ3n) is 5.26.